The maximum absolute atomic E-state index is 11.7. The number of benzene rings is 1. The van der Waals surface area contributed by atoms with Gasteiger partial charge in [-0.05, 0) is 31.5 Å². The molecule has 0 N–H and O–H groups in total. The summed E-state index contributed by atoms with van der Waals surface area (Å²) in [6.45, 7) is 3.34. The molecule has 1 rings (SSSR count). The molecule has 1 aromatic rings. The Hall–Kier alpha value is -0.460. The van der Waals surface area contributed by atoms with Crippen LogP contribution in [0.3, 0.4) is 0 Å². The Kier molecular flexibility index (Phi) is 6.61. The summed E-state index contributed by atoms with van der Waals surface area (Å²) in [5.41, 5.74) is 0.953. The van der Waals surface area contributed by atoms with E-state index in [1.165, 1.54) is 7.11 Å². The van der Waals surface area contributed by atoms with Gasteiger partial charge in [-0.15, -0.1) is 0 Å². The third-order valence-corrected chi connectivity index (χ3v) is 5.88. The van der Waals surface area contributed by atoms with Crippen molar-refractivity contribution >= 4 is 37.4 Å². The number of ether oxygens (including phenoxy) is 2. The van der Waals surface area contributed by atoms with E-state index in [1.807, 2.05) is 0 Å². The topological polar surface area (TPSA) is 52.6 Å². The van der Waals surface area contributed by atoms with Crippen LogP contribution in [0.2, 0.25) is 5.02 Å². The van der Waals surface area contributed by atoms with Crippen molar-refractivity contribution in [3.05, 3.63) is 22.7 Å². The van der Waals surface area contributed by atoms with Crippen LogP contribution in [0.5, 0.6) is 11.5 Å². The lowest BCUT2D eigenvalue weighted by molar-refractivity contribution is 0.311. The first-order chi connectivity index (χ1) is 9.31. The number of methoxy groups -OCH3 is 1. The largest absolute Gasteiger partial charge is 0.493 e. The number of rotatable bonds is 7. The SMILES string of the molecule is COc1cc(CBr)cc(Cl)c1OCCS(=O)(=O)C(C)C. The second-order valence-corrected chi connectivity index (χ2v) is 8.15. The van der Waals surface area contributed by atoms with Gasteiger partial charge in [0.25, 0.3) is 0 Å². The quantitative estimate of drug-likeness (QED) is 0.675. The summed E-state index contributed by atoms with van der Waals surface area (Å²) in [5, 5.41) is 0.630. The highest BCUT2D eigenvalue weighted by Crippen LogP contribution is 2.36. The highest BCUT2D eigenvalue weighted by molar-refractivity contribution is 9.08. The Balaban J connectivity index is 2.83. The molecule has 0 aliphatic rings. The lowest BCUT2D eigenvalue weighted by atomic mass is 10.2. The first-order valence-electron chi connectivity index (χ1n) is 6.08. The van der Waals surface area contributed by atoms with Gasteiger partial charge >= 0.3 is 0 Å². The molecule has 0 aliphatic heterocycles. The van der Waals surface area contributed by atoms with Gasteiger partial charge in [-0.25, -0.2) is 8.42 Å². The van der Waals surface area contributed by atoms with Gasteiger partial charge in [0.2, 0.25) is 0 Å². The lowest BCUT2D eigenvalue weighted by Gasteiger charge is -2.14. The van der Waals surface area contributed by atoms with E-state index in [1.54, 1.807) is 26.0 Å². The van der Waals surface area contributed by atoms with Crippen LogP contribution in [0.25, 0.3) is 0 Å². The first kappa shape index (κ1) is 17.6. The zero-order chi connectivity index (χ0) is 15.3. The third kappa shape index (κ3) is 4.53. The van der Waals surface area contributed by atoms with Crippen LogP contribution in [0, 0.1) is 0 Å². The van der Waals surface area contributed by atoms with E-state index in [2.05, 4.69) is 15.9 Å². The lowest BCUT2D eigenvalue weighted by Crippen LogP contribution is -2.22. The summed E-state index contributed by atoms with van der Waals surface area (Å²) in [5.74, 6) is 0.816. The van der Waals surface area contributed by atoms with Crippen molar-refractivity contribution in [1.29, 1.82) is 0 Å². The number of hydrogen-bond acceptors (Lipinski definition) is 4. The molecule has 0 aromatic heterocycles. The number of sulfone groups is 1. The van der Waals surface area contributed by atoms with Gasteiger partial charge in [-0.3, -0.25) is 0 Å². The molecule has 0 aliphatic carbocycles. The minimum atomic E-state index is -3.13. The van der Waals surface area contributed by atoms with Crippen molar-refractivity contribution in [3.8, 4) is 11.5 Å². The van der Waals surface area contributed by atoms with Gasteiger partial charge in [0, 0.05) is 5.33 Å². The van der Waals surface area contributed by atoms with Crippen molar-refractivity contribution in [2.75, 3.05) is 19.5 Å². The van der Waals surface area contributed by atoms with Crippen molar-refractivity contribution < 1.29 is 17.9 Å². The Morgan fingerprint density at radius 3 is 2.50 bits per heavy atom. The number of hydrogen-bond donors (Lipinski definition) is 0. The molecular weight excluding hydrogens is 368 g/mol. The van der Waals surface area contributed by atoms with Gasteiger partial charge < -0.3 is 9.47 Å². The monoisotopic (exact) mass is 384 g/mol. The molecule has 20 heavy (non-hydrogen) atoms. The minimum absolute atomic E-state index is 0.0459. The molecule has 0 spiro atoms. The molecule has 0 saturated carbocycles. The molecule has 114 valence electrons. The average Bonchev–Trinajstić information content (AvgIpc) is 2.39. The Labute approximate surface area is 133 Å². The summed E-state index contributed by atoms with van der Waals surface area (Å²) < 4.78 is 34.1. The van der Waals surface area contributed by atoms with Gasteiger partial charge in [-0.2, -0.15) is 0 Å². The maximum atomic E-state index is 11.7. The summed E-state index contributed by atoms with van der Waals surface area (Å²) >= 11 is 9.47. The molecule has 0 atom stereocenters. The standard InChI is InChI=1S/C13H18BrClO4S/c1-9(2)20(16,17)5-4-19-13-11(15)6-10(8-14)7-12(13)18-3/h6-7,9H,4-5,8H2,1-3H3. The van der Waals surface area contributed by atoms with E-state index in [0.29, 0.717) is 21.9 Å². The zero-order valence-electron chi connectivity index (χ0n) is 11.7. The molecule has 0 unspecified atom stereocenters. The third-order valence-electron chi connectivity index (χ3n) is 2.78. The van der Waals surface area contributed by atoms with E-state index in [-0.39, 0.29) is 12.4 Å². The van der Waals surface area contributed by atoms with Gasteiger partial charge in [0.1, 0.15) is 6.61 Å². The van der Waals surface area contributed by atoms with Crippen LogP contribution < -0.4 is 9.47 Å². The molecule has 4 nitrogen and oxygen atoms in total. The highest BCUT2D eigenvalue weighted by atomic mass is 79.9. The zero-order valence-corrected chi connectivity index (χ0v) is 14.8. The molecular formula is C13H18BrClO4S. The predicted molar refractivity (Wildman–Crippen MR) is 85.1 cm³/mol. The van der Waals surface area contributed by atoms with Crippen molar-refractivity contribution in [3.63, 3.8) is 0 Å². The summed E-state index contributed by atoms with van der Waals surface area (Å²) in [7, 11) is -1.61. The number of halogens is 2. The number of alkyl halides is 1. The molecule has 0 bridgehead atoms. The molecule has 0 saturated heterocycles. The predicted octanol–water partition coefficient (Wildman–Crippen LogP) is 3.45. The average molecular weight is 386 g/mol. The van der Waals surface area contributed by atoms with Crippen LogP contribution in [0.15, 0.2) is 12.1 Å². The fourth-order valence-electron chi connectivity index (χ4n) is 1.49. The first-order valence-corrected chi connectivity index (χ1v) is 9.30. The highest BCUT2D eigenvalue weighted by Gasteiger charge is 2.17. The van der Waals surface area contributed by atoms with Crippen LogP contribution in [0.4, 0.5) is 0 Å². The Bertz CT molecular complexity index is 558. The normalized spacial score (nSPS) is 11.7. The fourth-order valence-corrected chi connectivity index (χ4v) is 2.88. The fraction of sp³-hybridized carbons (Fsp3) is 0.538. The van der Waals surface area contributed by atoms with Gasteiger partial charge in [0.05, 0.1) is 23.1 Å². The van der Waals surface area contributed by atoms with Crippen LogP contribution >= 0.6 is 27.5 Å². The summed E-state index contributed by atoms with van der Waals surface area (Å²) in [4.78, 5) is 0. The molecule has 0 amide bonds. The molecule has 0 heterocycles. The van der Waals surface area contributed by atoms with E-state index in [9.17, 15) is 8.42 Å². The second-order valence-electron chi connectivity index (χ2n) is 4.51. The van der Waals surface area contributed by atoms with Gasteiger partial charge in [-0.1, -0.05) is 27.5 Å². The van der Waals surface area contributed by atoms with Gasteiger partial charge in [0.15, 0.2) is 21.3 Å². The second kappa shape index (κ2) is 7.52. The van der Waals surface area contributed by atoms with E-state index >= 15 is 0 Å². The van der Waals surface area contributed by atoms with E-state index < -0.39 is 15.1 Å². The minimum Gasteiger partial charge on any atom is -0.493 e. The summed E-state index contributed by atoms with van der Waals surface area (Å²) in [6, 6.07) is 3.55. The van der Waals surface area contributed by atoms with Crippen LogP contribution in [0.1, 0.15) is 19.4 Å². The molecule has 7 heteroatoms. The van der Waals surface area contributed by atoms with E-state index in [4.69, 9.17) is 21.1 Å². The van der Waals surface area contributed by atoms with Crippen LogP contribution in [-0.4, -0.2) is 33.1 Å². The molecule has 1 aromatic carbocycles. The van der Waals surface area contributed by atoms with Crippen molar-refractivity contribution in [2.45, 2.75) is 24.4 Å². The Morgan fingerprint density at radius 1 is 1.35 bits per heavy atom. The summed E-state index contributed by atoms with van der Waals surface area (Å²) in [6.07, 6.45) is 0. The molecule has 0 radical (unpaired) electrons. The molecule has 0 fully saturated rings. The van der Waals surface area contributed by atoms with E-state index in [0.717, 1.165) is 5.56 Å². The maximum Gasteiger partial charge on any atom is 0.179 e. The van der Waals surface area contributed by atoms with Crippen molar-refractivity contribution in [2.24, 2.45) is 0 Å². The van der Waals surface area contributed by atoms with Crippen LogP contribution in [-0.2, 0) is 15.2 Å². The van der Waals surface area contributed by atoms with Crippen molar-refractivity contribution in [1.82, 2.24) is 0 Å². The Morgan fingerprint density at radius 2 is 2.00 bits per heavy atom. The smallest absolute Gasteiger partial charge is 0.179 e.